The summed E-state index contributed by atoms with van der Waals surface area (Å²) in [6, 6.07) is 8.33. The van der Waals surface area contributed by atoms with Crippen molar-refractivity contribution in [1.82, 2.24) is 10.3 Å². The summed E-state index contributed by atoms with van der Waals surface area (Å²) in [7, 11) is 0. The molecule has 0 radical (unpaired) electrons. The van der Waals surface area contributed by atoms with Gasteiger partial charge in [-0.1, -0.05) is 39.0 Å². The van der Waals surface area contributed by atoms with Crippen LogP contribution in [0.4, 0.5) is 0 Å². The maximum absolute atomic E-state index is 12.1. The predicted molar refractivity (Wildman–Crippen MR) is 79.1 cm³/mol. The fourth-order valence-corrected chi connectivity index (χ4v) is 2.45. The number of hydrogen-bond acceptors (Lipinski definition) is 1. The fraction of sp³-hybridized carbons (Fsp3) is 0.438. The Labute approximate surface area is 114 Å². The number of aromatic nitrogens is 1. The van der Waals surface area contributed by atoms with Crippen LogP contribution in [-0.4, -0.2) is 16.9 Å². The van der Waals surface area contributed by atoms with E-state index >= 15 is 0 Å². The number of nitrogens with one attached hydrogen (secondary N) is 2. The Kier molecular flexibility index (Phi) is 4.25. The number of carbonyl (C=O) groups excluding carboxylic acids is 1. The molecule has 0 spiro atoms. The molecule has 1 heterocycles. The summed E-state index contributed by atoms with van der Waals surface area (Å²) in [6.07, 6.45) is 3.34. The van der Waals surface area contributed by atoms with Crippen molar-refractivity contribution in [2.75, 3.05) is 0 Å². The zero-order valence-electron chi connectivity index (χ0n) is 11.9. The summed E-state index contributed by atoms with van der Waals surface area (Å²) in [6.45, 7) is 6.39. The number of aromatic amines is 1. The average Bonchev–Trinajstić information content (AvgIpc) is 2.79. The number of fused-ring (bicyclic) bond motifs is 1. The first-order valence-electron chi connectivity index (χ1n) is 6.96. The van der Waals surface area contributed by atoms with Crippen molar-refractivity contribution >= 4 is 16.8 Å². The van der Waals surface area contributed by atoms with Gasteiger partial charge >= 0.3 is 0 Å². The molecule has 3 nitrogen and oxygen atoms in total. The lowest BCUT2D eigenvalue weighted by Crippen LogP contribution is -2.38. The summed E-state index contributed by atoms with van der Waals surface area (Å²) in [5.41, 5.74) is 2.15. The van der Waals surface area contributed by atoms with Crippen LogP contribution in [0, 0.1) is 5.92 Å². The third kappa shape index (κ3) is 3.16. The van der Waals surface area contributed by atoms with Gasteiger partial charge in [-0.2, -0.15) is 0 Å². The molecule has 1 atom stereocenters. The number of rotatable bonds is 5. The van der Waals surface area contributed by atoms with Gasteiger partial charge in [0.15, 0.2) is 0 Å². The van der Waals surface area contributed by atoms with E-state index in [-0.39, 0.29) is 11.9 Å². The van der Waals surface area contributed by atoms with Crippen molar-refractivity contribution in [2.24, 2.45) is 5.92 Å². The van der Waals surface area contributed by atoms with Gasteiger partial charge in [0.05, 0.1) is 6.42 Å². The molecule has 2 rings (SSSR count). The number of carbonyl (C=O) groups is 1. The lowest BCUT2D eigenvalue weighted by Gasteiger charge is -2.20. The summed E-state index contributed by atoms with van der Waals surface area (Å²) < 4.78 is 0. The Morgan fingerprint density at radius 3 is 2.74 bits per heavy atom. The summed E-state index contributed by atoms with van der Waals surface area (Å²) >= 11 is 0. The molecule has 1 amide bonds. The van der Waals surface area contributed by atoms with E-state index in [2.05, 4.69) is 31.1 Å². The van der Waals surface area contributed by atoms with Crippen LogP contribution in [0.3, 0.4) is 0 Å². The summed E-state index contributed by atoms with van der Waals surface area (Å²) in [5.74, 6) is 0.572. The van der Waals surface area contributed by atoms with E-state index in [0.717, 1.165) is 22.9 Å². The molecule has 2 N–H and O–H groups in total. The second-order valence-corrected chi connectivity index (χ2v) is 5.36. The van der Waals surface area contributed by atoms with Crippen LogP contribution in [0.2, 0.25) is 0 Å². The zero-order valence-corrected chi connectivity index (χ0v) is 11.9. The first-order valence-corrected chi connectivity index (χ1v) is 6.96. The van der Waals surface area contributed by atoms with E-state index in [1.54, 1.807) is 0 Å². The van der Waals surface area contributed by atoms with Gasteiger partial charge < -0.3 is 10.3 Å². The molecule has 0 aliphatic carbocycles. The molecule has 0 aliphatic rings. The Balaban J connectivity index is 2.06. The van der Waals surface area contributed by atoms with Crippen LogP contribution in [0.1, 0.15) is 32.8 Å². The standard InChI is InChI=1S/C16H22N2O/c1-4-14(11(2)3)18-16(19)9-12-10-17-15-8-6-5-7-13(12)15/h5-8,10-11,14,17H,4,9H2,1-3H3,(H,18,19). The van der Waals surface area contributed by atoms with Gasteiger partial charge in [-0.05, 0) is 24.0 Å². The van der Waals surface area contributed by atoms with Crippen LogP contribution in [0.15, 0.2) is 30.5 Å². The molecular weight excluding hydrogens is 236 g/mol. The van der Waals surface area contributed by atoms with Crippen LogP contribution in [-0.2, 0) is 11.2 Å². The van der Waals surface area contributed by atoms with Gasteiger partial charge in [0.2, 0.25) is 5.91 Å². The zero-order chi connectivity index (χ0) is 13.8. The topological polar surface area (TPSA) is 44.9 Å². The first-order chi connectivity index (χ1) is 9.11. The van der Waals surface area contributed by atoms with E-state index in [0.29, 0.717) is 12.3 Å². The monoisotopic (exact) mass is 258 g/mol. The SMILES string of the molecule is CCC(NC(=O)Cc1c[nH]c2ccccc12)C(C)C. The van der Waals surface area contributed by atoms with E-state index in [1.807, 2.05) is 30.5 Å². The number of H-pyrrole nitrogens is 1. The summed E-state index contributed by atoms with van der Waals surface area (Å²) in [5, 5.41) is 4.25. The molecule has 19 heavy (non-hydrogen) atoms. The molecule has 1 unspecified atom stereocenters. The Hall–Kier alpha value is -1.77. The molecule has 0 bridgehead atoms. The van der Waals surface area contributed by atoms with Gasteiger partial charge in [-0.3, -0.25) is 4.79 Å². The third-order valence-electron chi connectivity index (χ3n) is 3.62. The van der Waals surface area contributed by atoms with Crippen LogP contribution in [0.5, 0.6) is 0 Å². The van der Waals surface area contributed by atoms with E-state index in [9.17, 15) is 4.79 Å². The molecule has 2 aromatic rings. The lowest BCUT2D eigenvalue weighted by molar-refractivity contribution is -0.121. The second-order valence-electron chi connectivity index (χ2n) is 5.36. The van der Waals surface area contributed by atoms with Crippen LogP contribution < -0.4 is 5.32 Å². The highest BCUT2D eigenvalue weighted by Crippen LogP contribution is 2.18. The predicted octanol–water partition coefficient (Wildman–Crippen LogP) is 3.26. The molecule has 0 saturated heterocycles. The summed E-state index contributed by atoms with van der Waals surface area (Å²) in [4.78, 5) is 15.3. The average molecular weight is 258 g/mol. The Morgan fingerprint density at radius 1 is 1.32 bits per heavy atom. The van der Waals surface area contributed by atoms with E-state index < -0.39 is 0 Å². The van der Waals surface area contributed by atoms with Crippen molar-refractivity contribution in [2.45, 2.75) is 39.7 Å². The van der Waals surface area contributed by atoms with Gasteiger partial charge in [0.1, 0.15) is 0 Å². The minimum atomic E-state index is 0.102. The number of amides is 1. The highest BCUT2D eigenvalue weighted by Gasteiger charge is 2.15. The van der Waals surface area contributed by atoms with Crippen molar-refractivity contribution in [3.8, 4) is 0 Å². The molecule has 1 aromatic heterocycles. The lowest BCUT2D eigenvalue weighted by atomic mass is 10.0. The Morgan fingerprint density at radius 2 is 2.05 bits per heavy atom. The third-order valence-corrected chi connectivity index (χ3v) is 3.62. The van der Waals surface area contributed by atoms with Crippen molar-refractivity contribution in [3.63, 3.8) is 0 Å². The quantitative estimate of drug-likeness (QED) is 0.849. The molecule has 1 aromatic carbocycles. The van der Waals surface area contributed by atoms with Crippen molar-refractivity contribution < 1.29 is 4.79 Å². The highest BCUT2D eigenvalue weighted by atomic mass is 16.1. The second kappa shape index (κ2) is 5.91. The fourth-order valence-electron chi connectivity index (χ4n) is 2.45. The number of para-hydroxylation sites is 1. The number of benzene rings is 1. The smallest absolute Gasteiger partial charge is 0.224 e. The van der Waals surface area contributed by atoms with E-state index in [4.69, 9.17) is 0 Å². The number of hydrogen-bond donors (Lipinski definition) is 2. The maximum atomic E-state index is 12.1. The van der Waals surface area contributed by atoms with Gasteiger partial charge in [0, 0.05) is 23.1 Å². The van der Waals surface area contributed by atoms with Gasteiger partial charge in [-0.15, -0.1) is 0 Å². The van der Waals surface area contributed by atoms with Crippen LogP contribution >= 0.6 is 0 Å². The highest BCUT2D eigenvalue weighted by molar-refractivity contribution is 5.88. The Bertz CT molecular complexity index is 557. The minimum Gasteiger partial charge on any atom is -0.361 e. The van der Waals surface area contributed by atoms with Crippen molar-refractivity contribution in [3.05, 3.63) is 36.0 Å². The van der Waals surface area contributed by atoms with Gasteiger partial charge in [0.25, 0.3) is 0 Å². The molecule has 3 heteroatoms. The molecular formula is C16H22N2O. The normalized spacial score (nSPS) is 12.8. The van der Waals surface area contributed by atoms with E-state index in [1.165, 1.54) is 0 Å². The van der Waals surface area contributed by atoms with Gasteiger partial charge in [-0.25, -0.2) is 0 Å². The first kappa shape index (κ1) is 13.7. The van der Waals surface area contributed by atoms with Crippen molar-refractivity contribution in [1.29, 1.82) is 0 Å². The molecule has 102 valence electrons. The largest absolute Gasteiger partial charge is 0.361 e. The van der Waals surface area contributed by atoms with Crippen LogP contribution in [0.25, 0.3) is 10.9 Å². The minimum absolute atomic E-state index is 0.102. The molecule has 0 saturated carbocycles. The maximum Gasteiger partial charge on any atom is 0.224 e. The molecule has 0 fully saturated rings. The molecule has 0 aliphatic heterocycles.